The number of hydrogen-bond donors (Lipinski definition) is 2. The van der Waals surface area contributed by atoms with Gasteiger partial charge >= 0.3 is 0 Å². The average molecular weight is 272 g/mol. The quantitative estimate of drug-likeness (QED) is 0.583. The molecule has 0 saturated heterocycles. The molecule has 0 fully saturated rings. The van der Waals surface area contributed by atoms with Gasteiger partial charge in [0.05, 0.1) is 6.54 Å². The molecule has 3 N–H and O–H groups in total. The zero-order chi connectivity index (χ0) is 14.1. The maximum absolute atomic E-state index is 12.1. The van der Waals surface area contributed by atoms with Gasteiger partial charge in [-0.15, -0.1) is 0 Å². The van der Waals surface area contributed by atoms with Gasteiger partial charge in [0.2, 0.25) is 5.88 Å². The molecule has 106 valence electrons. The summed E-state index contributed by atoms with van der Waals surface area (Å²) >= 11 is 0. The van der Waals surface area contributed by atoms with E-state index in [1.165, 1.54) is 6.20 Å². The second kappa shape index (κ2) is 8.23. The molecule has 1 aromatic rings. The first-order chi connectivity index (χ1) is 9.13. The third kappa shape index (κ3) is 5.98. The van der Waals surface area contributed by atoms with E-state index < -0.39 is 13.0 Å². The Balaban J connectivity index is 2.61. The van der Waals surface area contributed by atoms with E-state index in [-0.39, 0.29) is 12.4 Å². The Bertz CT molecular complexity index is 412. The Hall–Kier alpha value is -1.92. The molecule has 1 heterocycles. The molecule has 0 saturated carbocycles. The number of rotatable bonds is 7. The van der Waals surface area contributed by atoms with Crippen LogP contribution in [0, 0.1) is 0 Å². The molecule has 0 aliphatic carbocycles. The summed E-state index contributed by atoms with van der Waals surface area (Å²) in [7, 11) is 0. The van der Waals surface area contributed by atoms with E-state index in [1.807, 2.05) is 6.92 Å². The zero-order valence-corrected chi connectivity index (χ0v) is 10.8. The van der Waals surface area contributed by atoms with Gasteiger partial charge in [-0.25, -0.2) is 18.8 Å². The van der Waals surface area contributed by atoms with Gasteiger partial charge in [-0.1, -0.05) is 13.0 Å². The van der Waals surface area contributed by atoms with Gasteiger partial charge in [-0.05, 0) is 12.5 Å². The van der Waals surface area contributed by atoms with Gasteiger partial charge in [0.25, 0.3) is 6.43 Å². The summed E-state index contributed by atoms with van der Waals surface area (Å²) < 4.78 is 29.1. The lowest BCUT2D eigenvalue weighted by atomic mass is 10.3. The van der Waals surface area contributed by atoms with Gasteiger partial charge in [0.1, 0.15) is 0 Å². The molecule has 1 rings (SSSR count). The number of aliphatic imine (C=N–C) groups is 1. The molecule has 5 nitrogen and oxygen atoms in total. The van der Waals surface area contributed by atoms with Crippen LogP contribution in [-0.4, -0.2) is 30.5 Å². The van der Waals surface area contributed by atoms with E-state index in [1.54, 1.807) is 12.1 Å². The fourth-order valence-corrected chi connectivity index (χ4v) is 1.30. The van der Waals surface area contributed by atoms with Crippen molar-refractivity contribution in [3.63, 3.8) is 0 Å². The fourth-order valence-electron chi connectivity index (χ4n) is 1.30. The number of guanidine groups is 1. The molecule has 0 aromatic carbocycles. The largest absolute Gasteiger partial charge is 0.471 e. The number of nitrogens with two attached hydrogens (primary N) is 1. The van der Waals surface area contributed by atoms with Gasteiger partial charge in [-0.2, -0.15) is 0 Å². The number of pyridine rings is 1. The predicted octanol–water partition coefficient (Wildman–Crippen LogP) is 1.54. The molecule has 7 heteroatoms. The van der Waals surface area contributed by atoms with Crippen LogP contribution in [0.2, 0.25) is 0 Å². The van der Waals surface area contributed by atoms with Crippen molar-refractivity contribution in [1.29, 1.82) is 0 Å². The molecule has 0 aliphatic heterocycles. The summed E-state index contributed by atoms with van der Waals surface area (Å²) in [6.45, 7) is 2.29. The van der Waals surface area contributed by atoms with Gasteiger partial charge < -0.3 is 15.8 Å². The van der Waals surface area contributed by atoms with Crippen molar-refractivity contribution in [2.45, 2.75) is 26.3 Å². The van der Waals surface area contributed by atoms with Crippen LogP contribution in [0.1, 0.15) is 18.9 Å². The van der Waals surface area contributed by atoms with Crippen molar-refractivity contribution in [2.75, 3.05) is 13.2 Å². The highest BCUT2D eigenvalue weighted by molar-refractivity contribution is 5.77. The summed E-state index contributed by atoms with van der Waals surface area (Å²) in [4.78, 5) is 8.00. The molecule has 0 atom stereocenters. The van der Waals surface area contributed by atoms with Crippen molar-refractivity contribution in [3.8, 4) is 5.88 Å². The molecule has 0 bridgehead atoms. The summed E-state index contributed by atoms with van der Waals surface area (Å²) in [5, 5.41) is 2.92. The molecule has 0 radical (unpaired) electrons. The van der Waals surface area contributed by atoms with Gasteiger partial charge in [-0.3, -0.25) is 0 Å². The molecular weight excluding hydrogens is 254 g/mol. The summed E-state index contributed by atoms with van der Waals surface area (Å²) in [5.74, 6) is 0.473. The minimum Gasteiger partial charge on any atom is -0.471 e. The summed E-state index contributed by atoms with van der Waals surface area (Å²) in [6.07, 6.45) is -0.117. The van der Waals surface area contributed by atoms with Crippen LogP contribution in [0.25, 0.3) is 0 Å². The molecule has 19 heavy (non-hydrogen) atoms. The molecule has 0 spiro atoms. The Morgan fingerprint density at radius 2 is 2.37 bits per heavy atom. The Labute approximate surface area is 110 Å². The van der Waals surface area contributed by atoms with Crippen molar-refractivity contribution in [2.24, 2.45) is 10.7 Å². The predicted molar refractivity (Wildman–Crippen MR) is 69.4 cm³/mol. The van der Waals surface area contributed by atoms with Crippen LogP contribution in [0.3, 0.4) is 0 Å². The van der Waals surface area contributed by atoms with E-state index in [9.17, 15) is 8.78 Å². The topological polar surface area (TPSA) is 72.5 Å². The normalized spacial score (nSPS) is 11.7. The lowest BCUT2D eigenvalue weighted by molar-refractivity contribution is 0.0791. The third-order valence-electron chi connectivity index (χ3n) is 2.17. The van der Waals surface area contributed by atoms with E-state index in [0.717, 1.165) is 13.0 Å². The van der Waals surface area contributed by atoms with Crippen molar-refractivity contribution in [1.82, 2.24) is 10.3 Å². The highest BCUT2D eigenvalue weighted by atomic mass is 19.3. The van der Waals surface area contributed by atoms with Crippen LogP contribution < -0.4 is 15.8 Å². The number of nitrogens with one attached hydrogen (secondary N) is 1. The first-order valence-electron chi connectivity index (χ1n) is 6.02. The molecule has 0 aliphatic rings. The molecule has 1 aromatic heterocycles. The number of alkyl halides is 2. The summed E-state index contributed by atoms with van der Waals surface area (Å²) in [5.41, 5.74) is 6.25. The van der Waals surface area contributed by atoms with E-state index in [4.69, 9.17) is 10.5 Å². The second-order valence-electron chi connectivity index (χ2n) is 3.80. The molecule has 0 amide bonds. The minimum atomic E-state index is -2.53. The number of hydrogen-bond acceptors (Lipinski definition) is 3. The summed E-state index contributed by atoms with van der Waals surface area (Å²) in [6, 6.07) is 3.40. The maximum atomic E-state index is 12.1. The third-order valence-corrected chi connectivity index (χ3v) is 2.17. The Morgan fingerprint density at radius 3 is 3.05 bits per heavy atom. The smallest absolute Gasteiger partial charge is 0.272 e. The Morgan fingerprint density at radius 1 is 1.58 bits per heavy atom. The lowest BCUT2D eigenvalue weighted by Crippen LogP contribution is -2.32. The van der Waals surface area contributed by atoms with Crippen LogP contribution in [-0.2, 0) is 6.54 Å². The average Bonchev–Trinajstić information content (AvgIpc) is 2.41. The second-order valence-corrected chi connectivity index (χ2v) is 3.80. The zero-order valence-electron chi connectivity index (χ0n) is 10.8. The molecular formula is C12H18F2N4O. The van der Waals surface area contributed by atoms with E-state index in [2.05, 4.69) is 15.3 Å². The minimum absolute atomic E-state index is 0.162. The van der Waals surface area contributed by atoms with Crippen LogP contribution in [0.15, 0.2) is 23.3 Å². The first-order valence-corrected chi connectivity index (χ1v) is 6.02. The number of nitrogens with zero attached hydrogens (tertiary/aromatic N) is 2. The van der Waals surface area contributed by atoms with Gasteiger partial charge in [0.15, 0.2) is 12.6 Å². The van der Waals surface area contributed by atoms with Crippen LogP contribution in [0.5, 0.6) is 5.88 Å². The van der Waals surface area contributed by atoms with Gasteiger partial charge in [0, 0.05) is 18.3 Å². The highest BCUT2D eigenvalue weighted by Gasteiger charge is 2.08. The van der Waals surface area contributed by atoms with Crippen LogP contribution >= 0.6 is 0 Å². The maximum Gasteiger partial charge on any atom is 0.272 e. The molecule has 0 unspecified atom stereocenters. The standard InChI is InChI=1S/C12H18F2N4O/c1-2-5-17-12(15)18-7-9-4-3-6-16-11(9)19-8-10(13)14/h3-4,6,10H,2,5,7-8H2,1H3,(H3,15,17,18). The SMILES string of the molecule is CCCNC(N)=NCc1cccnc1OCC(F)F. The monoisotopic (exact) mass is 272 g/mol. The highest BCUT2D eigenvalue weighted by Crippen LogP contribution is 2.15. The fraction of sp³-hybridized carbons (Fsp3) is 0.500. The Kier molecular flexibility index (Phi) is 6.56. The van der Waals surface area contributed by atoms with Crippen molar-refractivity contribution < 1.29 is 13.5 Å². The first kappa shape index (κ1) is 15.1. The van der Waals surface area contributed by atoms with Crippen LogP contribution in [0.4, 0.5) is 8.78 Å². The van der Waals surface area contributed by atoms with E-state index in [0.29, 0.717) is 11.5 Å². The van der Waals surface area contributed by atoms with Crippen molar-refractivity contribution >= 4 is 5.96 Å². The van der Waals surface area contributed by atoms with Crippen molar-refractivity contribution in [3.05, 3.63) is 23.9 Å². The number of halogens is 2. The number of ether oxygens (including phenoxy) is 1. The van der Waals surface area contributed by atoms with E-state index >= 15 is 0 Å². The number of aromatic nitrogens is 1. The lowest BCUT2D eigenvalue weighted by Gasteiger charge is -2.08.